The molecule has 4 aromatic rings. The van der Waals surface area contributed by atoms with Gasteiger partial charge in [0.1, 0.15) is 5.75 Å². The smallest absolute Gasteiger partial charge is 0.262 e. The molecule has 4 rings (SSSR count). The first-order chi connectivity index (χ1) is 14.6. The summed E-state index contributed by atoms with van der Waals surface area (Å²) in [6.45, 7) is 1.84. The highest BCUT2D eigenvalue weighted by atomic mass is 35.5. The maximum Gasteiger partial charge on any atom is 0.262 e. The molecule has 150 valence electrons. The number of amides is 1. The average Bonchev–Trinajstić information content (AvgIpc) is 3.24. The number of halogens is 1. The van der Waals surface area contributed by atoms with Gasteiger partial charge >= 0.3 is 0 Å². The summed E-state index contributed by atoms with van der Waals surface area (Å²) in [5.41, 5.74) is 3.18. The first-order valence-electron chi connectivity index (χ1n) is 9.27. The minimum atomic E-state index is -0.263. The number of hydrogen-bond acceptors (Lipinski definition) is 5. The third-order valence-corrected chi connectivity index (χ3v) is 4.55. The van der Waals surface area contributed by atoms with Crippen molar-refractivity contribution in [1.29, 1.82) is 0 Å². The van der Waals surface area contributed by atoms with Crippen molar-refractivity contribution in [3.63, 3.8) is 0 Å². The Morgan fingerprint density at radius 2 is 1.87 bits per heavy atom. The van der Waals surface area contributed by atoms with E-state index in [0.29, 0.717) is 33.7 Å². The fourth-order valence-corrected chi connectivity index (χ4v) is 3.02. The molecule has 1 amide bonds. The molecule has 6 nitrogen and oxygen atoms in total. The first-order valence-corrected chi connectivity index (χ1v) is 9.65. The normalized spacial score (nSPS) is 10.6. The van der Waals surface area contributed by atoms with Gasteiger partial charge in [-0.2, -0.15) is 4.98 Å². The summed E-state index contributed by atoms with van der Waals surface area (Å²) >= 11 is 6.03. The van der Waals surface area contributed by atoms with Crippen LogP contribution in [0.4, 0.5) is 5.69 Å². The van der Waals surface area contributed by atoms with Crippen molar-refractivity contribution in [1.82, 2.24) is 10.1 Å². The molecule has 30 heavy (non-hydrogen) atoms. The monoisotopic (exact) mass is 419 g/mol. The van der Waals surface area contributed by atoms with Gasteiger partial charge in [-0.15, -0.1) is 0 Å². The largest absolute Gasteiger partial charge is 0.483 e. The molecule has 3 aromatic carbocycles. The van der Waals surface area contributed by atoms with Crippen LogP contribution in [0.3, 0.4) is 0 Å². The molecule has 7 heteroatoms. The zero-order valence-electron chi connectivity index (χ0n) is 16.1. The van der Waals surface area contributed by atoms with E-state index in [1.54, 1.807) is 24.3 Å². The zero-order valence-corrected chi connectivity index (χ0v) is 16.9. The summed E-state index contributed by atoms with van der Waals surface area (Å²) in [4.78, 5) is 16.7. The van der Waals surface area contributed by atoms with Crippen molar-refractivity contribution in [3.8, 4) is 28.6 Å². The molecule has 0 saturated carbocycles. The van der Waals surface area contributed by atoms with Gasteiger partial charge in [-0.3, -0.25) is 4.79 Å². The number of aryl methyl sites for hydroxylation is 1. The van der Waals surface area contributed by atoms with Crippen LogP contribution < -0.4 is 10.1 Å². The second-order valence-corrected chi connectivity index (χ2v) is 7.07. The number of benzene rings is 3. The highest BCUT2D eigenvalue weighted by Gasteiger charge is 2.15. The van der Waals surface area contributed by atoms with Crippen LogP contribution in [0.5, 0.6) is 5.75 Å². The number of hydrogen-bond donors (Lipinski definition) is 1. The van der Waals surface area contributed by atoms with Gasteiger partial charge in [0, 0.05) is 16.3 Å². The molecule has 0 bridgehead atoms. The fourth-order valence-electron chi connectivity index (χ4n) is 2.83. The van der Waals surface area contributed by atoms with Crippen molar-refractivity contribution < 1.29 is 14.1 Å². The molecule has 0 radical (unpaired) electrons. The summed E-state index contributed by atoms with van der Waals surface area (Å²) in [5, 5.41) is 7.43. The van der Waals surface area contributed by atoms with Crippen LogP contribution in [0.1, 0.15) is 5.56 Å². The Labute approximate surface area is 178 Å². The molecule has 0 saturated heterocycles. The third kappa shape index (κ3) is 4.67. The summed E-state index contributed by atoms with van der Waals surface area (Å²) in [6, 6.07) is 21.9. The lowest BCUT2D eigenvalue weighted by Gasteiger charge is -2.10. The van der Waals surface area contributed by atoms with Crippen LogP contribution in [0.15, 0.2) is 77.3 Å². The van der Waals surface area contributed by atoms with E-state index in [4.69, 9.17) is 20.9 Å². The third-order valence-electron chi connectivity index (χ3n) is 4.32. The van der Waals surface area contributed by atoms with Crippen molar-refractivity contribution in [2.45, 2.75) is 6.92 Å². The molecule has 0 aliphatic carbocycles. The number of anilines is 1. The molecule has 1 heterocycles. The highest BCUT2D eigenvalue weighted by molar-refractivity contribution is 6.30. The molecule has 0 atom stereocenters. The average molecular weight is 420 g/mol. The summed E-state index contributed by atoms with van der Waals surface area (Å²) < 4.78 is 11.1. The maximum atomic E-state index is 12.2. The molecule has 0 aliphatic heterocycles. The van der Waals surface area contributed by atoms with E-state index in [1.807, 2.05) is 55.5 Å². The number of nitrogens with one attached hydrogen (secondary N) is 1. The van der Waals surface area contributed by atoms with Crippen LogP contribution >= 0.6 is 11.6 Å². The van der Waals surface area contributed by atoms with E-state index < -0.39 is 0 Å². The number of nitrogens with zero attached hydrogens (tertiary/aromatic N) is 2. The van der Waals surface area contributed by atoms with Crippen LogP contribution in [0, 0.1) is 6.92 Å². The van der Waals surface area contributed by atoms with Crippen molar-refractivity contribution >= 4 is 23.2 Å². The molecule has 0 aliphatic rings. The fraction of sp³-hybridized carbons (Fsp3) is 0.0870. The number of para-hydroxylation sites is 1. The lowest BCUT2D eigenvalue weighted by atomic mass is 10.2. The summed E-state index contributed by atoms with van der Waals surface area (Å²) in [5.74, 6) is 0.926. The summed E-state index contributed by atoms with van der Waals surface area (Å²) in [7, 11) is 0. The predicted molar refractivity (Wildman–Crippen MR) is 115 cm³/mol. The van der Waals surface area contributed by atoms with Crippen molar-refractivity contribution in [2.24, 2.45) is 0 Å². The molecule has 0 spiro atoms. The maximum absolute atomic E-state index is 12.2. The molecule has 0 unspecified atom stereocenters. The van der Waals surface area contributed by atoms with Crippen molar-refractivity contribution in [3.05, 3.63) is 83.4 Å². The number of aromatic nitrogens is 2. The van der Waals surface area contributed by atoms with E-state index in [2.05, 4.69) is 15.5 Å². The molecule has 1 aromatic heterocycles. The lowest BCUT2D eigenvalue weighted by Crippen LogP contribution is -2.20. The van der Waals surface area contributed by atoms with E-state index in [1.165, 1.54) is 0 Å². The Hall–Kier alpha value is -3.64. The van der Waals surface area contributed by atoms with Gasteiger partial charge in [0.05, 0.1) is 5.56 Å². The van der Waals surface area contributed by atoms with Gasteiger partial charge in [-0.05, 0) is 49.4 Å². The van der Waals surface area contributed by atoms with E-state index >= 15 is 0 Å². The molecule has 0 fully saturated rings. The Kier molecular flexibility index (Phi) is 5.77. The van der Waals surface area contributed by atoms with Gasteiger partial charge in [-0.1, -0.05) is 52.7 Å². The zero-order chi connectivity index (χ0) is 20.9. The second-order valence-electron chi connectivity index (χ2n) is 6.63. The summed E-state index contributed by atoms with van der Waals surface area (Å²) in [6.07, 6.45) is 0. The lowest BCUT2D eigenvalue weighted by molar-refractivity contribution is -0.118. The molecular formula is C23H18ClN3O3. The quantitative estimate of drug-likeness (QED) is 0.453. The van der Waals surface area contributed by atoms with Crippen LogP contribution in [-0.2, 0) is 4.79 Å². The number of carbonyl (C=O) groups is 1. The number of carbonyl (C=O) groups excluding carboxylic acids is 1. The number of ether oxygens (including phenoxy) is 1. The first kappa shape index (κ1) is 19.7. The SMILES string of the molecule is Cc1ccc(NC(=O)COc2ccccc2-c2noc(-c3cccc(Cl)c3)n2)cc1. The number of rotatable bonds is 6. The van der Waals surface area contributed by atoms with Gasteiger partial charge in [0.2, 0.25) is 5.82 Å². The Morgan fingerprint density at radius 1 is 1.07 bits per heavy atom. The Balaban J connectivity index is 1.48. The Morgan fingerprint density at radius 3 is 2.67 bits per heavy atom. The highest BCUT2D eigenvalue weighted by Crippen LogP contribution is 2.30. The molecular weight excluding hydrogens is 402 g/mol. The van der Waals surface area contributed by atoms with Crippen LogP contribution in [0.2, 0.25) is 5.02 Å². The van der Waals surface area contributed by atoms with Crippen molar-refractivity contribution in [2.75, 3.05) is 11.9 Å². The van der Waals surface area contributed by atoms with E-state index in [9.17, 15) is 4.79 Å². The minimum absolute atomic E-state index is 0.149. The van der Waals surface area contributed by atoms with Gasteiger partial charge < -0.3 is 14.6 Å². The van der Waals surface area contributed by atoms with Gasteiger partial charge in [0.25, 0.3) is 11.8 Å². The van der Waals surface area contributed by atoms with Gasteiger partial charge in [-0.25, -0.2) is 0 Å². The molecule has 1 N–H and O–H groups in total. The van der Waals surface area contributed by atoms with E-state index in [0.717, 1.165) is 11.1 Å². The second kappa shape index (κ2) is 8.80. The Bertz CT molecular complexity index is 1170. The minimum Gasteiger partial charge on any atom is -0.483 e. The van der Waals surface area contributed by atoms with E-state index in [-0.39, 0.29) is 12.5 Å². The van der Waals surface area contributed by atoms with Crippen LogP contribution in [-0.4, -0.2) is 22.7 Å². The standard InChI is InChI=1S/C23H18ClN3O3/c1-15-9-11-18(12-10-15)25-21(28)14-29-20-8-3-2-7-19(20)22-26-23(30-27-22)16-5-4-6-17(24)13-16/h2-13H,14H2,1H3,(H,25,28). The van der Waals surface area contributed by atoms with Gasteiger partial charge in [0.15, 0.2) is 6.61 Å². The topological polar surface area (TPSA) is 77.2 Å². The van der Waals surface area contributed by atoms with Crippen LogP contribution in [0.25, 0.3) is 22.8 Å². The predicted octanol–water partition coefficient (Wildman–Crippen LogP) is 5.38.